The summed E-state index contributed by atoms with van der Waals surface area (Å²) in [4.78, 5) is 12.3. The van der Waals surface area contributed by atoms with Gasteiger partial charge in [0.2, 0.25) is 0 Å². The van der Waals surface area contributed by atoms with E-state index >= 15 is 0 Å². The summed E-state index contributed by atoms with van der Waals surface area (Å²) in [6.07, 6.45) is 5.28. The van der Waals surface area contributed by atoms with Crippen molar-refractivity contribution in [3.63, 3.8) is 0 Å². The van der Waals surface area contributed by atoms with Gasteiger partial charge < -0.3 is 9.15 Å². The Morgan fingerprint density at radius 2 is 2.19 bits per heavy atom. The van der Waals surface area contributed by atoms with Crippen LogP contribution in [0.1, 0.15) is 31.4 Å². The number of methoxy groups -OCH3 is 1. The number of thioether (sulfide) groups is 1. The van der Waals surface area contributed by atoms with Gasteiger partial charge in [-0.15, -0.1) is 10.2 Å². The second-order valence-electron chi connectivity index (χ2n) is 6.52. The van der Waals surface area contributed by atoms with Gasteiger partial charge in [-0.1, -0.05) is 30.3 Å². The molecular formula is C20H21N3O3S. The molecule has 1 atom stereocenters. The number of furan rings is 1. The highest BCUT2D eigenvalue weighted by Gasteiger charge is 2.26. The minimum Gasteiger partial charge on any atom is -0.497 e. The predicted octanol–water partition coefficient (Wildman–Crippen LogP) is 4.20. The van der Waals surface area contributed by atoms with Gasteiger partial charge in [-0.05, 0) is 37.1 Å². The van der Waals surface area contributed by atoms with Crippen LogP contribution in [-0.2, 0) is 11.3 Å². The van der Waals surface area contributed by atoms with E-state index in [1.54, 1.807) is 13.4 Å². The van der Waals surface area contributed by atoms with Crippen molar-refractivity contribution in [2.45, 2.75) is 42.6 Å². The maximum atomic E-state index is 12.3. The van der Waals surface area contributed by atoms with Gasteiger partial charge in [-0.3, -0.25) is 9.36 Å². The molecule has 1 fully saturated rings. The summed E-state index contributed by atoms with van der Waals surface area (Å²) in [6, 6.07) is 11.5. The average molecular weight is 383 g/mol. The third kappa shape index (κ3) is 3.93. The van der Waals surface area contributed by atoms with Crippen molar-refractivity contribution in [2.24, 2.45) is 0 Å². The van der Waals surface area contributed by atoms with Crippen molar-refractivity contribution < 1.29 is 13.9 Å². The van der Waals surface area contributed by atoms with E-state index in [2.05, 4.69) is 10.2 Å². The highest BCUT2D eigenvalue weighted by molar-refractivity contribution is 8.00. The van der Waals surface area contributed by atoms with Crippen LogP contribution in [0.2, 0.25) is 0 Å². The predicted molar refractivity (Wildman–Crippen MR) is 103 cm³/mol. The molecule has 1 aliphatic carbocycles. The fourth-order valence-electron chi connectivity index (χ4n) is 3.26. The van der Waals surface area contributed by atoms with Crippen molar-refractivity contribution in [3.8, 4) is 17.1 Å². The Kier molecular flexibility index (Phi) is 5.29. The van der Waals surface area contributed by atoms with Crippen LogP contribution in [-0.4, -0.2) is 32.9 Å². The van der Waals surface area contributed by atoms with Crippen molar-refractivity contribution in [1.82, 2.24) is 14.8 Å². The number of carbonyl (C=O) groups excluding carboxylic acids is 1. The van der Waals surface area contributed by atoms with E-state index in [4.69, 9.17) is 9.15 Å². The van der Waals surface area contributed by atoms with Crippen LogP contribution in [0.5, 0.6) is 5.75 Å². The number of ether oxygens (including phenoxy) is 1. The SMILES string of the molecule is COc1cccc(-c2nnc(SC3CCCCC3=O)n2Cc2ccco2)c1. The summed E-state index contributed by atoms with van der Waals surface area (Å²) >= 11 is 1.51. The Morgan fingerprint density at radius 1 is 1.26 bits per heavy atom. The fourth-order valence-corrected chi connectivity index (χ4v) is 4.41. The molecule has 0 N–H and O–H groups in total. The van der Waals surface area contributed by atoms with Crippen molar-refractivity contribution in [3.05, 3.63) is 48.4 Å². The van der Waals surface area contributed by atoms with E-state index in [9.17, 15) is 4.79 Å². The van der Waals surface area contributed by atoms with E-state index in [1.807, 2.05) is 41.0 Å². The van der Waals surface area contributed by atoms with Gasteiger partial charge in [0.1, 0.15) is 17.3 Å². The normalized spacial score (nSPS) is 17.2. The second-order valence-corrected chi connectivity index (χ2v) is 7.69. The van der Waals surface area contributed by atoms with Crippen LogP contribution in [0.15, 0.2) is 52.2 Å². The van der Waals surface area contributed by atoms with Gasteiger partial charge >= 0.3 is 0 Å². The molecule has 1 saturated carbocycles. The van der Waals surface area contributed by atoms with E-state index in [0.717, 1.165) is 47.3 Å². The summed E-state index contributed by atoms with van der Waals surface area (Å²) in [5, 5.41) is 9.51. The van der Waals surface area contributed by atoms with Crippen molar-refractivity contribution in [1.29, 1.82) is 0 Å². The number of benzene rings is 1. The topological polar surface area (TPSA) is 70.2 Å². The maximum Gasteiger partial charge on any atom is 0.192 e. The Hall–Kier alpha value is -2.54. The van der Waals surface area contributed by atoms with E-state index in [0.29, 0.717) is 18.7 Å². The summed E-state index contributed by atoms with van der Waals surface area (Å²) < 4.78 is 12.9. The molecule has 2 heterocycles. The van der Waals surface area contributed by atoms with Crippen LogP contribution >= 0.6 is 11.8 Å². The highest BCUT2D eigenvalue weighted by atomic mass is 32.2. The zero-order valence-corrected chi connectivity index (χ0v) is 15.9. The lowest BCUT2D eigenvalue weighted by molar-refractivity contribution is -0.119. The molecule has 2 aromatic heterocycles. The quantitative estimate of drug-likeness (QED) is 0.635. The van der Waals surface area contributed by atoms with Gasteiger partial charge in [0.15, 0.2) is 11.0 Å². The average Bonchev–Trinajstić information content (AvgIpc) is 3.35. The van der Waals surface area contributed by atoms with Crippen LogP contribution in [0, 0.1) is 0 Å². The molecule has 27 heavy (non-hydrogen) atoms. The third-order valence-corrected chi connectivity index (χ3v) is 5.98. The lowest BCUT2D eigenvalue weighted by atomic mass is 9.99. The first kappa shape index (κ1) is 17.9. The van der Waals surface area contributed by atoms with E-state index < -0.39 is 0 Å². The second kappa shape index (κ2) is 8.00. The molecule has 0 bridgehead atoms. The van der Waals surface area contributed by atoms with Gasteiger partial charge in [-0.25, -0.2) is 0 Å². The first-order valence-electron chi connectivity index (χ1n) is 9.04. The molecular weight excluding hydrogens is 362 g/mol. The lowest BCUT2D eigenvalue weighted by Crippen LogP contribution is -2.22. The Labute approximate surface area is 161 Å². The van der Waals surface area contributed by atoms with Gasteiger partial charge in [0, 0.05) is 12.0 Å². The molecule has 0 amide bonds. The largest absolute Gasteiger partial charge is 0.497 e. The highest BCUT2D eigenvalue weighted by Crippen LogP contribution is 2.33. The molecule has 0 saturated heterocycles. The molecule has 7 heteroatoms. The zero-order chi connectivity index (χ0) is 18.6. The summed E-state index contributed by atoms with van der Waals surface area (Å²) in [5.74, 6) is 2.62. The van der Waals surface area contributed by atoms with E-state index in [-0.39, 0.29) is 5.25 Å². The molecule has 4 rings (SSSR count). The molecule has 140 valence electrons. The number of hydrogen-bond acceptors (Lipinski definition) is 6. The fraction of sp³-hybridized carbons (Fsp3) is 0.350. The minimum atomic E-state index is -0.0449. The van der Waals surface area contributed by atoms with Crippen molar-refractivity contribution in [2.75, 3.05) is 7.11 Å². The number of ketones is 1. The van der Waals surface area contributed by atoms with E-state index in [1.165, 1.54) is 11.8 Å². The Balaban J connectivity index is 1.70. The number of rotatable bonds is 6. The standard InChI is InChI=1S/C20H21N3O3S/c1-25-15-7-4-6-14(12-15)19-21-22-20(23(19)13-16-8-5-11-26-16)27-18-10-3-2-9-17(18)24/h4-8,11-12,18H,2-3,9-10,13H2,1H3. The zero-order valence-electron chi connectivity index (χ0n) is 15.1. The maximum absolute atomic E-state index is 12.3. The number of carbonyl (C=O) groups is 1. The Bertz CT molecular complexity index is 920. The number of hydrogen-bond donors (Lipinski definition) is 0. The molecule has 6 nitrogen and oxygen atoms in total. The molecule has 1 unspecified atom stereocenters. The summed E-state index contributed by atoms with van der Waals surface area (Å²) in [5.41, 5.74) is 0.912. The molecule has 1 aliphatic rings. The molecule has 1 aromatic carbocycles. The monoisotopic (exact) mass is 383 g/mol. The summed E-state index contributed by atoms with van der Waals surface area (Å²) in [7, 11) is 1.64. The van der Waals surface area contributed by atoms with Crippen LogP contribution in [0.3, 0.4) is 0 Å². The smallest absolute Gasteiger partial charge is 0.192 e. The number of nitrogens with zero attached hydrogens (tertiary/aromatic N) is 3. The van der Waals surface area contributed by atoms with Gasteiger partial charge in [-0.2, -0.15) is 0 Å². The first-order chi connectivity index (χ1) is 13.2. The summed E-state index contributed by atoms with van der Waals surface area (Å²) in [6.45, 7) is 0.510. The van der Waals surface area contributed by atoms with Gasteiger partial charge in [0.05, 0.1) is 25.2 Å². The van der Waals surface area contributed by atoms with Crippen LogP contribution in [0.25, 0.3) is 11.4 Å². The minimum absolute atomic E-state index is 0.0449. The number of aromatic nitrogens is 3. The van der Waals surface area contributed by atoms with Gasteiger partial charge in [0.25, 0.3) is 0 Å². The van der Waals surface area contributed by atoms with Crippen LogP contribution in [0.4, 0.5) is 0 Å². The van der Waals surface area contributed by atoms with Crippen molar-refractivity contribution >= 4 is 17.5 Å². The molecule has 0 aliphatic heterocycles. The molecule has 0 spiro atoms. The molecule has 0 radical (unpaired) electrons. The lowest BCUT2D eigenvalue weighted by Gasteiger charge is -2.19. The Morgan fingerprint density at radius 3 is 2.96 bits per heavy atom. The molecule has 3 aromatic rings. The number of Topliss-reactive ketones (excluding diaryl/α,β-unsaturated/α-hetero) is 1. The van der Waals surface area contributed by atoms with Crippen LogP contribution < -0.4 is 4.74 Å². The first-order valence-corrected chi connectivity index (χ1v) is 9.92. The third-order valence-electron chi connectivity index (χ3n) is 4.69.